The van der Waals surface area contributed by atoms with Gasteiger partial charge < -0.3 is 14.5 Å². The third kappa shape index (κ3) is 1.99. The Morgan fingerprint density at radius 1 is 1.11 bits per heavy atom. The normalized spacial score (nSPS) is 10.6. The van der Waals surface area contributed by atoms with E-state index < -0.39 is 0 Å². The van der Waals surface area contributed by atoms with Crippen LogP contribution in [0.2, 0.25) is 0 Å². The lowest BCUT2D eigenvalue weighted by Gasteiger charge is -2.08. The van der Waals surface area contributed by atoms with Gasteiger partial charge in [-0.15, -0.1) is 0 Å². The van der Waals surface area contributed by atoms with Gasteiger partial charge in [0.1, 0.15) is 22.8 Å². The number of aromatic amines is 1. The highest BCUT2D eigenvalue weighted by Crippen LogP contribution is 2.32. The average molecular weight is 255 g/mol. The van der Waals surface area contributed by atoms with Crippen LogP contribution in [0.3, 0.4) is 0 Å². The van der Waals surface area contributed by atoms with Crippen molar-refractivity contribution in [2.24, 2.45) is 0 Å². The van der Waals surface area contributed by atoms with Gasteiger partial charge in [-0.2, -0.15) is 0 Å². The second kappa shape index (κ2) is 4.61. The van der Waals surface area contributed by atoms with Gasteiger partial charge in [0.05, 0.1) is 19.8 Å². The summed E-state index contributed by atoms with van der Waals surface area (Å²) in [6.45, 7) is 0. The summed E-state index contributed by atoms with van der Waals surface area (Å²) >= 11 is 0. The highest BCUT2D eigenvalue weighted by Gasteiger charge is 2.12. The molecule has 0 fully saturated rings. The number of H-pyrrole nitrogens is 1. The third-order valence-corrected chi connectivity index (χ3v) is 2.92. The molecular formula is C14H13N3O2. The number of methoxy groups -OCH3 is 2. The Kier molecular flexibility index (Phi) is 2.79. The zero-order valence-corrected chi connectivity index (χ0v) is 10.7. The lowest BCUT2D eigenvalue weighted by Crippen LogP contribution is -1.91. The summed E-state index contributed by atoms with van der Waals surface area (Å²) in [5.41, 5.74) is 2.42. The fraction of sp³-hybridized carbons (Fsp3) is 0.143. The molecule has 0 atom stereocenters. The van der Waals surface area contributed by atoms with Crippen molar-refractivity contribution in [1.82, 2.24) is 15.0 Å². The number of nitrogens with zero attached hydrogens (tertiary/aromatic N) is 2. The zero-order valence-electron chi connectivity index (χ0n) is 10.7. The summed E-state index contributed by atoms with van der Waals surface area (Å²) < 4.78 is 10.6. The molecule has 1 N–H and O–H groups in total. The molecular weight excluding hydrogens is 242 g/mol. The number of hydrogen-bond acceptors (Lipinski definition) is 4. The standard InChI is InChI=1S/C14H13N3O2/c1-18-9-5-6-12(19-2)10(8-9)13-16-11-4-3-7-15-14(11)17-13/h3-8H,1-2H3,(H,15,16,17). The topological polar surface area (TPSA) is 60.0 Å². The van der Waals surface area contributed by atoms with Crippen molar-refractivity contribution in [1.29, 1.82) is 0 Å². The van der Waals surface area contributed by atoms with E-state index in [0.717, 1.165) is 28.2 Å². The molecule has 0 aliphatic carbocycles. The molecule has 0 aliphatic rings. The van der Waals surface area contributed by atoms with Gasteiger partial charge >= 0.3 is 0 Å². The van der Waals surface area contributed by atoms with Crippen LogP contribution in [0.1, 0.15) is 0 Å². The predicted octanol–water partition coefficient (Wildman–Crippen LogP) is 2.64. The molecule has 5 nitrogen and oxygen atoms in total. The Balaban J connectivity index is 2.19. The second-order valence-corrected chi connectivity index (χ2v) is 4.02. The molecule has 0 aliphatic heterocycles. The first kappa shape index (κ1) is 11.5. The van der Waals surface area contributed by atoms with Crippen molar-refractivity contribution < 1.29 is 9.47 Å². The van der Waals surface area contributed by atoms with Gasteiger partial charge in [-0.05, 0) is 30.3 Å². The molecule has 3 rings (SSSR count). The Labute approximate surface area is 110 Å². The number of imidazole rings is 1. The van der Waals surface area contributed by atoms with Gasteiger partial charge in [0.15, 0.2) is 5.65 Å². The van der Waals surface area contributed by atoms with E-state index in [1.54, 1.807) is 20.4 Å². The first-order chi connectivity index (χ1) is 9.31. The molecule has 2 aromatic heterocycles. The van der Waals surface area contributed by atoms with Crippen LogP contribution in [0.25, 0.3) is 22.6 Å². The van der Waals surface area contributed by atoms with Crippen LogP contribution < -0.4 is 9.47 Å². The Morgan fingerprint density at radius 2 is 2.00 bits per heavy atom. The summed E-state index contributed by atoms with van der Waals surface area (Å²) in [6, 6.07) is 9.36. The van der Waals surface area contributed by atoms with Crippen molar-refractivity contribution in [2.75, 3.05) is 14.2 Å². The van der Waals surface area contributed by atoms with E-state index in [2.05, 4.69) is 15.0 Å². The summed E-state index contributed by atoms with van der Waals surface area (Å²) in [6.07, 6.45) is 1.73. The lowest BCUT2D eigenvalue weighted by atomic mass is 10.2. The van der Waals surface area contributed by atoms with Crippen molar-refractivity contribution in [2.45, 2.75) is 0 Å². The summed E-state index contributed by atoms with van der Waals surface area (Å²) in [7, 11) is 3.26. The molecule has 2 heterocycles. The fourth-order valence-electron chi connectivity index (χ4n) is 1.97. The molecule has 5 heteroatoms. The summed E-state index contributed by atoms with van der Waals surface area (Å²) in [5, 5.41) is 0. The van der Waals surface area contributed by atoms with Crippen molar-refractivity contribution in [3.63, 3.8) is 0 Å². The summed E-state index contributed by atoms with van der Waals surface area (Å²) in [4.78, 5) is 11.9. The van der Waals surface area contributed by atoms with Crippen molar-refractivity contribution in [3.05, 3.63) is 36.5 Å². The quantitative estimate of drug-likeness (QED) is 0.781. The first-order valence-corrected chi connectivity index (χ1v) is 5.85. The SMILES string of the molecule is COc1ccc(OC)c(-c2nc3cccnc3[nH]2)c1. The number of pyridine rings is 1. The van der Waals surface area contributed by atoms with Crippen LogP contribution in [0, 0.1) is 0 Å². The van der Waals surface area contributed by atoms with Crippen LogP contribution >= 0.6 is 0 Å². The van der Waals surface area contributed by atoms with Crippen LogP contribution in [0.5, 0.6) is 11.5 Å². The summed E-state index contributed by atoms with van der Waals surface area (Å²) in [5.74, 6) is 2.20. The highest BCUT2D eigenvalue weighted by molar-refractivity contribution is 5.78. The maximum Gasteiger partial charge on any atom is 0.157 e. The zero-order chi connectivity index (χ0) is 13.2. The molecule has 1 aromatic carbocycles. The first-order valence-electron chi connectivity index (χ1n) is 5.85. The van der Waals surface area contributed by atoms with E-state index in [1.807, 2.05) is 30.3 Å². The van der Waals surface area contributed by atoms with Crippen LogP contribution in [0.4, 0.5) is 0 Å². The minimum Gasteiger partial charge on any atom is -0.497 e. The molecule has 0 saturated carbocycles. The van der Waals surface area contributed by atoms with Gasteiger partial charge in [0, 0.05) is 6.20 Å². The largest absolute Gasteiger partial charge is 0.497 e. The third-order valence-electron chi connectivity index (χ3n) is 2.92. The number of hydrogen-bond donors (Lipinski definition) is 1. The lowest BCUT2D eigenvalue weighted by molar-refractivity contribution is 0.404. The molecule has 0 radical (unpaired) electrons. The van der Waals surface area contributed by atoms with Crippen LogP contribution in [0.15, 0.2) is 36.5 Å². The molecule has 96 valence electrons. The molecule has 0 spiro atoms. The molecule has 19 heavy (non-hydrogen) atoms. The molecule has 0 amide bonds. The van der Waals surface area contributed by atoms with E-state index in [4.69, 9.17) is 9.47 Å². The fourth-order valence-corrected chi connectivity index (χ4v) is 1.97. The van der Waals surface area contributed by atoms with Gasteiger partial charge in [-0.25, -0.2) is 9.97 Å². The van der Waals surface area contributed by atoms with Gasteiger partial charge in [-0.3, -0.25) is 0 Å². The van der Waals surface area contributed by atoms with E-state index in [-0.39, 0.29) is 0 Å². The number of aromatic nitrogens is 3. The molecule has 0 unspecified atom stereocenters. The van der Waals surface area contributed by atoms with E-state index in [1.165, 1.54) is 0 Å². The number of benzene rings is 1. The molecule has 3 aromatic rings. The van der Waals surface area contributed by atoms with E-state index >= 15 is 0 Å². The van der Waals surface area contributed by atoms with E-state index in [9.17, 15) is 0 Å². The number of rotatable bonds is 3. The smallest absolute Gasteiger partial charge is 0.157 e. The molecule has 0 saturated heterocycles. The number of ether oxygens (including phenoxy) is 2. The van der Waals surface area contributed by atoms with Crippen molar-refractivity contribution in [3.8, 4) is 22.9 Å². The van der Waals surface area contributed by atoms with Crippen LogP contribution in [-0.4, -0.2) is 29.2 Å². The van der Waals surface area contributed by atoms with Gasteiger partial charge in [-0.1, -0.05) is 0 Å². The minimum absolute atomic E-state index is 0.712. The maximum absolute atomic E-state index is 5.36. The average Bonchev–Trinajstić information content (AvgIpc) is 2.90. The number of fused-ring (bicyclic) bond motifs is 1. The van der Waals surface area contributed by atoms with Crippen LogP contribution in [-0.2, 0) is 0 Å². The Bertz CT molecular complexity index is 689. The minimum atomic E-state index is 0.712. The van der Waals surface area contributed by atoms with E-state index in [0.29, 0.717) is 5.82 Å². The molecule has 0 bridgehead atoms. The Morgan fingerprint density at radius 3 is 2.74 bits per heavy atom. The maximum atomic E-state index is 5.36. The van der Waals surface area contributed by atoms with Gasteiger partial charge in [0.2, 0.25) is 0 Å². The number of nitrogens with one attached hydrogen (secondary N) is 1. The van der Waals surface area contributed by atoms with Gasteiger partial charge in [0.25, 0.3) is 0 Å². The predicted molar refractivity (Wildman–Crippen MR) is 72.4 cm³/mol. The highest BCUT2D eigenvalue weighted by atomic mass is 16.5. The monoisotopic (exact) mass is 255 g/mol. The van der Waals surface area contributed by atoms with Crippen molar-refractivity contribution >= 4 is 11.2 Å². The Hall–Kier alpha value is -2.56. The second-order valence-electron chi connectivity index (χ2n) is 4.02.